The highest BCUT2D eigenvalue weighted by Crippen LogP contribution is 2.10. The van der Waals surface area contributed by atoms with E-state index in [-0.39, 0.29) is 0 Å². The molecule has 0 aliphatic carbocycles. The molecule has 0 N–H and O–H groups in total. The first kappa shape index (κ1) is 12.5. The Morgan fingerprint density at radius 1 is 1.15 bits per heavy atom. The molecule has 0 fully saturated rings. The second kappa shape index (κ2) is 8.11. The summed E-state index contributed by atoms with van der Waals surface area (Å²) >= 11 is 3.30. The molecule has 0 amide bonds. The molecule has 0 unspecified atom stereocenters. The van der Waals surface area contributed by atoms with Gasteiger partial charge < -0.3 is 4.74 Å². The predicted octanol–water partition coefficient (Wildman–Crippen LogP) is 3.79. The van der Waals surface area contributed by atoms with Crippen molar-refractivity contribution in [2.24, 2.45) is 0 Å². The van der Waals surface area contributed by atoms with E-state index in [1.165, 1.54) is 5.56 Å². The molecule has 1 aromatic carbocycles. The van der Waals surface area contributed by atoms with Gasteiger partial charge in [0.15, 0.2) is 0 Å². The Labute approximate surface area is 89.2 Å². The lowest BCUT2D eigenvalue weighted by Crippen LogP contribution is -1.96. The minimum absolute atomic E-state index is 0.725. The highest BCUT2D eigenvalue weighted by atomic mass is 79.9. The second-order valence-electron chi connectivity index (χ2n) is 2.35. The molecule has 0 atom stereocenters. The van der Waals surface area contributed by atoms with E-state index in [1.54, 1.807) is 0 Å². The third-order valence-corrected chi connectivity index (χ3v) is 1.69. The van der Waals surface area contributed by atoms with Crippen LogP contribution in [-0.4, -0.2) is 11.9 Å². The van der Waals surface area contributed by atoms with Gasteiger partial charge in [0.1, 0.15) is 5.75 Å². The van der Waals surface area contributed by atoms with Crippen LogP contribution in [0.25, 0.3) is 0 Å². The summed E-state index contributed by atoms with van der Waals surface area (Å²) in [5, 5.41) is 0.876. The lowest BCUT2D eigenvalue weighted by Gasteiger charge is -2.02. The molecule has 0 saturated heterocycles. The lowest BCUT2D eigenvalue weighted by molar-refractivity contribution is 0.345. The van der Waals surface area contributed by atoms with Crippen molar-refractivity contribution in [2.75, 3.05) is 11.9 Å². The number of hydrogen-bond acceptors (Lipinski definition) is 1. The molecule has 0 bridgehead atoms. The first-order chi connectivity index (χ1) is 6.33. The fourth-order valence-electron chi connectivity index (χ4n) is 0.791. The highest BCUT2D eigenvalue weighted by Gasteiger charge is 1.90. The van der Waals surface area contributed by atoms with Crippen LogP contribution in [0.2, 0.25) is 0 Å². The fourth-order valence-corrected chi connectivity index (χ4v) is 0.953. The number of halogens is 1. The molecule has 0 heterocycles. The van der Waals surface area contributed by atoms with Crippen LogP contribution in [0.3, 0.4) is 0 Å². The van der Waals surface area contributed by atoms with E-state index < -0.39 is 0 Å². The highest BCUT2D eigenvalue weighted by molar-refractivity contribution is 9.09. The minimum Gasteiger partial charge on any atom is -0.493 e. The topological polar surface area (TPSA) is 9.23 Å². The molecular weight excluding hydrogens is 228 g/mol. The molecule has 0 aliphatic rings. The SMILES string of the molecule is CC.Cc1ccc(OCCBr)cc1. The molecule has 0 aromatic heterocycles. The molecule has 1 aromatic rings. The Morgan fingerprint density at radius 2 is 1.69 bits per heavy atom. The molecule has 0 radical (unpaired) electrons. The minimum atomic E-state index is 0.725. The Balaban J connectivity index is 0.000000671. The van der Waals surface area contributed by atoms with Gasteiger partial charge in [0.05, 0.1) is 6.61 Å². The van der Waals surface area contributed by atoms with Gasteiger partial charge in [-0.05, 0) is 19.1 Å². The van der Waals surface area contributed by atoms with Crippen molar-refractivity contribution in [3.8, 4) is 5.75 Å². The van der Waals surface area contributed by atoms with Crippen LogP contribution < -0.4 is 4.74 Å². The largest absolute Gasteiger partial charge is 0.493 e. The summed E-state index contributed by atoms with van der Waals surface area (Å²) in [6.45, 7) is 6.79. The average molecular weight is 245 g/mol. The van der Waals surface area contributed by atoms with Crippen molar-refractivity contribution in [3.63, 3.8) is 0 Å². The molecular formula is C11H17BrO. The van der Waals surface area contributed by atoms with Gasteiger partial charge >= 0.3 is 0 Å². The smallest absolute Gasteiger partial charge is 0.119 e. The standard InChI is InChI=1S/C9H11BrO.C2H6/c1-8-2-4-9(5-3-8)11-7-6-10;1-2/h2-5H,6-7H2,1H3;1-2H3. The van der Waals surface area contributed by atoms with Crippen LogP contribution in [0.5, 0.6) is 5.75 Å². The van der Waals surface area contributed by atoms with E-state index >= 15 is 0 Å². The monoisotopic (exact) mass is 244 g/mol. The number of ether oxygens (including phenoxy) is 1. The van der Waals surface area contributed by atoms with E-state index in [0.29, 0.717) is 0 Å². The molecule has 13 heavy (non-hydrogen) atoms. The van der Waals surface area contributed by atoms with E-state index in [4.69, 9.17) is 4.74 Å². The maximum Gasteiger partial charge on any atom is 0.119 e. The normalized spacial score (nSPS) is 8.62. The van der Waals surface area contributed by atoms with Gasteiger partial charge in [-0.1, -0.05) is 47.5 Å². The number of rotatable bonds is 3. The molecule has 0 spiro atoms. The summed E-state index contributed by atoms with van der Waals surface area (Å²) in [5.41, 5.74) is 1.26. The van der Waals surface area contributed by atoms with Crippen molar-refractivity contribution < 1.29 is 4.74 Å². The van der Waals surface area contributed by atoms with E-state index in [2.05, 4.69) is 22.9 Å². The van der Waals surface area contributed by atoms with Crippen LogP contribution in [0.4, 0.5) is 0 Å². The fraction of sp³-hybridized carbons (Fsp3) is 0.455. The van der Waals surface area contributed by atoms with Gasteiger partial charge in [-0.3, -0.25) is 0 Å². The molecule has 0 aliphatic heterocycles. The first-order valence-corrected chi connectivity index (χ1v) is 5.70. The molecule has 0 saturated carbocycles. The summed E-state index contributed by atoms with van der Waals surface area (Å²) < 4.78 is 5.36. The summed E-state index contributed by atoms with van der Waals surface area (Å²) in [6, 6.07) is 8.06. The Kier molecular flexibility index (Phi) is 7.80. The Bertz CT molecular complexity index is 206. The van der Waals surface area contributed by atoms with Crippen molar-refractivity contribution in [1.29, 1.82) is 0 Å². The Hall–Kier alpha value is -0.500. The summed E-state index contributed by atoms with van der Waals surface area (Å²) in [7, 11) is 0. The van der Waals surface area contributed by atoms with Crippen LogP contribution >= 0.6 is 15.9 Å². The quantitative estimate of drug-likeness (QED) is 0.736. The van der Waals surface area contributed by atoms with Gasteiger partial charge in [-0.25, -0.2) is 0 Å². The second-order valence-corrected chi connectivity index (χ2v) is 3.14. The van der Waals surface area contributed by atoms with Crippen molar-refractivity contribution >= 4 is 15.9 Å². The van der Waals surface area contributed by atoms with E-state index in [9.17, 15) is 0 Å². The van der Waals surface area contributed by atoms with Crippen molar-refractivity contribution in [2.45, 2.75) is 20.8 Å². The molecule has 1 rings (SSSR count). The Morgan fingerprint density at radius 3 is 2.15 bits per heavy atom. The summed E-state index contributed by atoms with van der Waals surface area (Å²) in [5.74, 6) is 0.940. The maximum absolute atomic E-state index is 5.36. The summed E-state index contributed by atoms with van der Waals surface area (Å²) in [6.07, 6.45) is 0. The zero-order valence-electron chi connectivity index (χ0n) is 8.51. The number of benzene rings is 1. The van der Waals surface area contributed by atoms with Crippen molar-refractivity contribution in [1.82, 2.24) is 0 Å². The summed E-state index contributed by atoms with van der Waals surface area (Å²) in [4.78, 5) is 0. The zero-order valence-corrected chi connectivity index (χ0v) is 10.1. The zero-order chi connectivity index (χ0) is 10.1. The third-order valence-electron chi connectivity index (χ3n) is 1.37. The van der Waals surface area contributed by atoms with Crippen molar-refractivity contribution in [3.05, 3.63) is 29.8 Å². The number of alkyl halides is 1. The maximum atomic E-state index is 5.36. The van der Waals surface area contributed by atoms with Crippen LogP contribution in [-0.2, 0) is 0 Å². The lowest BCUT2D eigenvalue weighted by atomic mass is 10.2. The number of hydrogen-bond donors (Lipinski definition) is 0. The molecule has 1 nitrogen and oxygen atoms in total. The average Bonchev–Trinajstić information content (AvgIpc) is 2.20. The third kappa shape index (κ3) is 5.69. The predicted molar refractivity (Wildman–Crippen MR) is 61.8 cm³/mol. The number of aryl methyl sites for hydroxylation is 1. The first-order valence-electron chi connectivity index (χ1n) is 4.58. The van der Waals surface area contributed by atoms with E-state index in [0.717, 1.165) is 17.7 Å². The van der Waals surface area contributed by atoms with Crippen LogP contribution in [0, 0.1) is 6.92 Å². The van der Waals surface area contributed by atoms with Crippen LogP contribution in [0.15, 0.2) is 24.3 Å². The van der Waals surface area contributed by atoms with Gasteiger partial charge in [0, 0.05) is 5.33 Å². The molecule has 74 valence electrons. The van der Waals surface area contributed by atoms with E-state index in [1.807, 2.05) is 38.1 Å². The van der Waals surface area contributed by atoms with Gasteiger partial charge in [0.25, 0.3) is 0 Å². The van der Waals surface area contributed by atoms with Crippen LogP contribution in [0.1, 0.15) is 19.4 Å². The van der Waals surface area contributed by atoms with Gasteiger partial charge in [-0.15, -0.1) is 0 Å². The van der Waals surface area contributed by atoms with Gasteiger partial charge in [-0.2, -0.15) is 0 Å². The molecule has 2 heteroatoms. The van der Waals surface area contributed by atoms with Gasteiger partial charge in [0.2, 0.25) is 0 Å².